The van der Waals surface area contributed by atoms with Crippen LogP contribution in [0.4, 0.5) is 21.6 Å². The summed E-state index contributed by atoms with van der Waals surface area (Å²) in [7, 11) is 0. The van der Waals surface area contributed by atoms with Gasteiger partial charge in [0.1, 0.15) is 23.7 Å². The minimum absolute atomic E-state index is 0.210. The number of hydrogen-bond acceptors (Lipinski definition) is 5. The predicted octanol–water partition coefficient (Wildman–Crippen LogP) is 3.50. The summed E-state index contributed by atoms with van der Waals surface area (Å²) in [5.41, 5.74) is 2.68. The Morgan fingerprint density at radius 3 is 2.41 bits per heavy atom. The van der Waals surface area contributed by atoms with Crippen LogP contribution in [0.15, 0.2) is 60.9 Å². The van der Waals surface area contributed by atoms with E-state index in [1.807, 2.05) is 42.2 Å². The quantitative estimate of drug-likeness (QED) is 0.738. The molecule has 0 atom stereocenters. The van der Waals surface area contributed by atoms with E-state index in [9.17, 15) is 9.18 Å². The van der Waals surface area contributed by atoms with Crippen LogP contribution in [-0.2, 0) is 0 Å². The van der Waals surface area contributed by atoms with Gasteiger partial charge in [0, 0.05) is 37.9 Å². The van der Waals surface area contributed by atoms with Crippen molar-refractivity contribution < 1.29 is 9.18 Å². The van der Waals surface area contributed by atoms with E-state index in [4.69, 9.17) is 0 Å². The first-order valence-electron chi connectivity index (χ1n) is 9.55. The number of halogens is 1. The molecule has 0 bridgehead atoms. The number of hydrogen-bond donors (Lipinski definition) is 1. The van der Waals surface area contributed by atoms with Gasteiger partial charge in [0.05, 0.1) is 5.69 Å². The summed E-state index contributed by atoms with van der Waals surface area (Å²) in [6.45, 7) is 4.66. The Morgan fingerprint density at radius 1 is 0.966 bits per heavy atom. The lowest BCUT2D eigenvalue weighted by Gasteiger charge is -2.36. The number of nitrogens with zero attached hydrogens (tertiary/aromatic N) is 4. The third-order valence-corrected chi connectivity index (χ3v) is 5.08. The molecule has 0 unspecified atom stereocenters. The van der Waals surface area contributed by atoms with Crippen LogP contribution in [0.5, 0.6) is 0 Å². The average Bonchev–Trinajstić information content (AvgIpc) is 2.76. The first-order chi connectivity index (χ1) is 14.1. The summed E-state index contributed by atoms with van der Waals surface area (Å²) in [5, 5.41) is 2.89. The first kappa shape index (κ1) is 18.9. The van der Waals surface area contributed by atoms with Gasteiger partial charge in [-0.1, -0.05) is 30.3 Å². The summed E-state index contributed by atoms with van der Waals surface area (Å²) in [4.78, 5) is 25.2. The van der Waals surface area contributed by atoms with E-state index >= 15 is 0 Å². The van der Waals surface area contributed by atoms with E-state index in [1.54, 1.807) is 18.2 Å². The minimum Gasteiger partial charge on any atom is -0.366 e. The zero-order valence-corrected chi connectivity index (χ0v) is 16.2. The lowest BCUT2D eigenvalue weighted by molar-refractivity contribution is 0.102. The second-order valence-electron chi connectivity index (χ2n) is 6.96. The number of para-hydroxylation sites is 2. The molecule has 0 spiro atoms. The van der Waals surface area contributed by atoms with E-state index in [1.165, 1.54) is 12.4 Å². The van der Waals surface area contributed by atoms with Gasteiger partial charge in [-0.05, 0) is 30.7 Å². The number of aryl methyl sites for hydroxylation is 1. The van der Waals surface area contributed by atoms with Crippen LogP contribution in [0, 0.1) is 12.7 Å². The summed E-state index contributed by atoms with van der Waals surface area (Å²) in [6.07, 6.45) is 1.41. The maximum absolute atomic E-state index is 14.0. The number of amides is 1. The highest BCUT2D eigenvalue weighted by atomic mass is 19.1. The zero-order valence-electron chi connectivity index (χ0n) is 16.2. The molecule has 0 saturated carbocycles. The minimum atomic E-state index is -0.270. The highest BCUT2D eigenvalue weighted by Crippen LogP contribution is 2.22. The highest BCUT2D eigenvalue weighted by molar-refractivity contribution is 6.03. The van der Waals surface area contributed by atoms with Crippen LogP contribution in [0.3, 0.4) is 0 Å². The van der Waals surface area contributed by atoms with E-state index in [0.717, 1.165) is 11.3 Å². The largest absolute Gasteiger partial charge is 0.366 e. The number of rotatable bonds is 4. The number of piperazine rings is 1. The van der Waals surface area contributed by atoms with Gasteiger partial charge in [-0.25, -0.2) is 14.4 Å². The van der Waals surface area contributed by atoms with Crippen molar-refractivity contribution in [2.45, 2.75) is 6.92 Å². The van der Waals surface area contributed by atoms with E-state index in [-0.39, 0.29) is 11.7 Å². The smallest absolute Gasteiger partial charge is 0.274 e. The second-order valence-corrected chi connectivity index (χ2v) is 6.96. The maximum Gasteiger partial charge on any atom is 0.274 e. The molecule has 1 aliphatic heterocycles. The zero-order chi connectivity index (χ0) is 20.2. The fourth-order valence-electron chi connectivity index (χ4n) is 3.43. The summed E-state index contributed by atoms with van der Waals surface area (Å²) < 4.78 is 14.0. The molecule has 2 aromatic carbocycles. The molecule has 1 saturated heterocycles. The second kappa shape index (κ2) is 8.26. The van der Waals surface area contributed by atoms with Crippen molar-refractivity contribution in [3.63, 3.8) is 0 Å². The molecule has 29 heavy (non-hydrogen) atoms. The molecule has 0 radical (unpaired) electrons. The topological polar surface area (TPSA) is 61.4 Å². The van der Waals surface area contributed by atoms with Gasteiger partial charge in [0.15, 0.2) is 0 Å². The lowest BCUT2D eigenvalue weighted by Crippen LogP contribution is -2.47. The first-order valence-corrected chi connectivity index (χ1v) is 9.55. The third kappa shape index (κ3) is 4.18. The Bertz CT molecular complexity index is 1020. The van der Waals surface area contributed by atoms with Crippen LogP contribution >= 0.6 is 0 Å². The fourth-order valence-corrected chi connectivity index (χ4v) is 3.43. The number of carbonyl (C=O) groups excluding carboxylic acids is 1. The fraction of sp³-hybridized carbons (Fsp3) is 0.227. The average molecular weight is 391 g/mol. The molecule has 3 aromatic rings. The van der Waals surface area contributed by atoms with Crippen molar-refractivity contribution in [2.24, 2.45) is 0 Å². The van der Waals surface area contributed by atoms with Crippen LogP contribution in [0.25, 0.3) is 0 Å². The molecule has 6 nitrogen and oxygen atoms in total. The van der Waals surface area contributed by atoms with Gasteiger partial charge in [0.2, 0.25) is 0 Å². The summed E-state index contributed by atoms with van der Waals surface area (Å²) in [6, 6.07) is 16.1. The van der Waals surface area contributed by atoms with Crippen LogP contribution in [-0.4, -0.2) is 42.1 Å². The molecule has 4 rings (SSSR count). The predicted molar refractivity (Wildman–Crippen MR) is 112 cm³/mol. The van der Waals surface area contributed by atoms with Crippen molar-refractivity contribution in [1.82, 2.24) is 9.97 Å². The number of nitrogens with one attached hydrogen (secondary N) is 1. The molecule has 2 heterocycles. The molecular formula is C22H22FN5O. The number of aromatic nitrogens is 2. The van der Waals surface area contributed by atoms with Gasteiger partial charge >= 0.3 is 0 Å². The number of carbonyl (C=O) groups is 1. The van der Waals surface area contributed by atoms with Crippen LogP contribution < -0.4 is 15.1 Å². The Morgan fingerprint density at radius 2 is 1.66 bits per heavy atom. The van der Waals surface area contributed by atoms with Gasteiger partial charge < -0.3 is 15.1 Å². The molecule has 1 aliphatic rings. The molecule has 1 amide bonds. The van der Waals surface area contributed by atoms with Gasteiger partial charge in [-0.15, -0.1) is 0 Å². The van der Waals surface area contributed by atoms with Gasteiger partial charge in [0.25, 0.3) is 5.91 Å². The Labute approximate surface area is 169 Å². The van der Waals surface area contributed by atoms with E-state index in [0.29, 0.717) is 43.4 Å². The summed E-state index contributed by atoms with van der Waals surface area (Å²) >= 11 is 0. The standard InChI is InChI=1S/C22H22FN5O/c1-16-6-2-4-8-18(16)26-22(29)19-14-21(25-15-24-19)28-12-10-27(11-13-28)20-9-5-3-7-17(20)23/h2-9,14-15H,10-13H2,1H3,(H,26,29). The van der Waals surface area contributed by atoms with Crippen molar-refractivity contribution >= 4 is 23.1 Å². The Balaban J connectivity index is 1.44. The Kier molecular flexibility index (Phi) is 5.37. The van der Waals surface area contributed by atoms with Crippen LogP contribution in [0.1, 0.15) is 16.1 Å². The van der Waals surface area contributed by atoms with E-state index < -0.39 is 0 Å². The normalized spacial score (nSPS) is 14.0. The maximum atomic E-state index is 14.0. The number of benzene rings is 2. The van der Waals surface area contributed by atoms with Gasteiger partial charge in [-0.3, -0.25) is 4.79 Å². The molecule has 0 aliphatic carbocycles. The molecule has 1 fully saturated rings. The lowest BCUT2D eigenvalue weighted by atomic mass is 10.2. The SMILES string of the molecule is Cc1ccccc1NC(=O)c1cc(N2CCN(c3ccccc3F)CC2)ncn1. The van der Waals surface area contributed by atoms with Crippen molar-refractivity contribution in [3.8, 4) is 0 Å². The third-order valence-electron chi connectivity index (χ3n) is 5.08. The van der Waals surface area contributed by atoms with E-state index in [2.05, 4.69) is 20.2 Å². The highest BCUT2D eigenvalue weighted by Gasteiger charge is 2.21. The molecular weight excluding hydrogens is 369 g/mol. The molecule has 7 heteroatoms. The van der Waals surface area contributed by atoms with Crippen molar-refractivity contribution in [3.05, 3.63) is 78.0 Å². The molecule has 1 N–H and O–H groups in total. The Hall–Kier alpha value is -3.48. The molecule has 148 valence electrons. The van der Waals surface area contributed by atoms with Crippen molar-refractivity contribution in [1.29, 1.82) is 0 Å². The van der Waals surface area contributed by atoms with Crippen LogP contribution in [0.2, 0.25) is 0 Å². The number of anilines is 3. The van der Waals surface area contributed by atoms with Crippen molar-refractivity contribution in [2.75, 3.05) is 41.3 Å². The monoisotopic (exact) mass is 391 g/mol. The van der Waals surface area contributed by atoms with Gasteiger partial charge in [-0.2, -0.15) is 0 Å². The summed E-state index contributed by atoms with van der Waals surface area (Å²) in [5.74, 6) is 0.217. The molecule has 1 aromatic heterocycles.